The van der Waals surface area contributed by atoms with Gasteiger partial charge in [0.2, 0.25) is 0 Å². The van der Waals surface area contributed by atoms with E-state index < -0.39 is 11.8 Å². The van der Waals surface area contributed by atoms with Crippen LogP contribution in [0.15, 0.2) is 59.8 Å². The molecule has 1 saturated heterocycles. The smallest absolute Gasteiger partial charge is 0.285 e. The quantitative estimate of drug-likeness (QED) is 0.508. The van der Waals surface area contributed by atoms with Gasteiger partial charge in [0.15, 0.2) is 4.32 Å². The third kappa shape index (κ3) is 3.45. The van der Waals surface area contributed by atoms with Gasteiger partial charge in [-0.05, 0) is 48.6 Å². The number of phenolic OH excluding ortho intramolecular Hbond substituents is 1. The van der Waals surface area contributed by atoms with E-state index in [4.69, 9.17) is 12.2 Å². The van der Waals surface area contributed by atoms with Crippen molar-refractivity contribution in [1.29, 1.82) is 0 Å². The van der Waals surface area contributed by atoms with Crippen molar-refractivity contribution in [2.24, 2.45) is 0 Å². The van der Waals surface area contributed by atoms with Crippen LogP contribution in [0, 0.1) is 0 Å². The number of nitrogens with zero attached hydrogens (tertiary/aromatic N) is 3. The number of aromatic nitrogens is 2. The highest BCUT2D eigenvalue weighted by Gasteiger charge is 2.34. The number of benzene rings is 2. The van der Waals surface area contributed by atoms with Gasteiger partial charge in [-0.15, -0.1) is 0 Å². The van der Waals surface area contributed by atoms with Crippen LogP contribution in [0.4, 0.5) is 0 Å². The second kappa shape index (κ2) is 7.37. The monoisotopic (exact) mass is 408 g/mol. The first kappa shape index (κ1) is 18.1. The molecular weight excluding hydrogens is 396 g/mol. The number of rotatable bonds is 3. The Hall–Kier alpha value is -3.30. The third-order valence-corrected chi connectivity index (χ3v) is 5.26. The first-order chi connectivity index (χ1) is 13.5. The lowest BCUT2D eigenvalue weighted by atomic mass is 10.1. The summed E-state index contributed by atoms with van der Waals surface area (Å²) in [6.45, 7) is 0. The second-order valence-electron chi connectivity index (χ2n) is 5.78. The maximum Gasteiger partial charge on any atom is 0.285 e. The van der Waals surface area contributed by atoms with Gasteiger partial charge in [0.1, 0.15) is 5.75 Å². The Bertz CT molecular complexity index is 1140. The zero-order valence-electron chi connectivity index (χ0n) is 14.2. The summed E-state index contributed by atoms with van der Waals surface area (Å²) in [4.78, 5) is 34.0. The topological polar surface area (TPSA) is 95.4 Å². The minimum absolute atomic E-state index is 0.0447. The lowest BCUT2D eigenvalue weighted by Crippen LogP contribution is -2.44. The van der Waals surface area contributed by atoms with Crippen molar-refractivity contribution in [2.45, 2.75) is 0 Å². The number of para-hydroxylation sites is 1. The Morgan fingerprint density at radius 1 is 1.14 bits per heavy atom. The summed E-state index contributed by atoms with van der Waals surface area (Å²) < 4.78 is 0.217. The maximum atomic E-state index is 12.7. The van der Waals surface area contributed by atoms with Crippen LogP contribution in [0.5, 0.6) is 5.75 Å². The molecule has 0 radical (unpaired) electrons. The van der Waals surface area contributed by atoms with E-state index in [1.165, 1.54) is 24.3 Å². The van der Waals surface area contributed by atoms with Crippen LogP contribution in [-0.2, 0) is 4.79 Å². The minimum atomic E-state index is -0.506. The number of hydrogen-bond acceptors (Lipinski definition) is 7. The van der Waals surface area contributed by atoms with E-state index in [0.29, 0.717) is 21.5 Å². The summed E-state index contributed by atoms with van der Waals surface area (Å²) in [7, 11) is 0. The molecule has 2 aromatic carbocycles. The van der Waals surface area contributed by atoms with Crippen LogP contribution in [-0.4, -0.2) is 36.2 Å². The van der Waals surface area contributed by atoms with Crippen molar-refractivity contribution >= 4 is 57.2 Å². The molecule has 1 fully saturated rings. The van der Waals surface area contributed by atoms with Gasteiger partial charge in [0.25, 0.3) is 11.8 Å². The Morgan fingerprint density at radius 2 is 1.89 bits per heavy atom. The number of amides is 2. The molecule has 2 amide bonds. The number of hydrogen-bond donors (Lipinski definition) is 2. The highest BCUT2D eigenvalue weighted by atomic mass is 32.2. The van der Waals surface area contributed by atoms with Gasteiger partial charge in [0, 0.05) is 23.5 Å². The second-order valence-corrected chi connectivity index (χ2v) is 7.45. The fourth-order valence-corrected chi connectivity index (χ4v) is 3.79. The molecule has 2 heterocycles. The summed E-state index contributed by atoms with van der Waals surface area (Å²) in [5, 5.41) is 10.4. The summed E-state index contributed by atoms with van der Waals surface area (Å²) >= 11 is 6.33. The van der Waals surface area contributed by atoms with Crippen molar-refractivity contribution < 1.29 is 14.7 Å². The minimum Gasteiger partial charge on any atom is -0.508 e. The molecule has 0 atom stereocenters. The molecule has 138 valence electrons. The van der Waals surface area contributed by atoms with Crippen molar-refractivity contribution in [3.63, 3.8) is 0 Å². The molecule has 28 heavy (non-hydrogen) atoms. The van der Waals surface area contributed by atoms with Gasteiger partial charge in [-0.2, -0.15) is 5.01 Å². The van der Waals surface area contributed by atoms with Crippen molar-refractivity contribution in [3.8, 4) is 5.75 Å². The van der Waals surface area contributed by atoms with Crippen LogP contribution in [0.1, 0.15) is 15.9 Å². The van der Waals surface area contributed by atoms with Gasteiger partial charge in [-0.3, -0.25) is 25.0 Å². The number of carbonyl (C=O) groups is 2. The molecule has 9 heteroatoms. The van der Waals surface area contributed by atoms with E-state index in [2.05, 4.69) is 15.4 Å². The number of hydrazine groups is 1. The van der Waals surface area contributed by atoms with Crippen LogP contribution in [0.2, 0.25) is 0 Å². The Morgan fingerprint density at radius 3 is 2.68 bits per heavy atom. The summed E-state index contributed by atoms with van der Waals surface area (Å²) in [6, 6.07) is 11.2. The van der Waals surface area contributed by atoms with E-state index in [9.17, 15) is 14.7 Å². The van der Waals surface area contributed by atoms with Crippen molar-refractivity contribution in [3.05, 3.63) is 70.9 Å². The number of aromatic hydroxyl groups is 1. The van der Waals surface area contributed by atoms with Gasteiger partial charge in [-0.1, -0.05) is 23.9 Å². The van der Waals surface area contributed by atoms with Gasteiger partial charge < -0.3 is 5.11 Å². The van der Waals surface area contributed by atoms with E-state index in [1.54, 1.807) is 18.5 Å². The van der Waals surface area contributed by atoms with Crippen molar-refractivity contribution in [2.75, 3.05) is 0 Å². The lowest BCUT2D eigenvalue weighted by Gasteiger charge is -2.15. The van der Waals surface area contributed by atoms with Gasteiger partial charge in [0.05, 0.1) is 15.9 Å². The Labute approximate surface area is 169 Å². The van der Waals surface area contributed by atoms with E-state index in [1.807, 2.05) is 18.2 Å². The first-order valence-corrected chi connectivity index (χ1v) is 9.33. The molecule has 0 saturated carbocycles. The van der Waals surface area contributed by atoms with E-state index in [0.717, 1.165) is 22.3 Å². The van der Waals surface area contributed by atoms with Gasteiger partial charge >= 0.3 is 0 Å². The fraction of sp³-hybridized carbons (Fsp3) is 0. The Balaban J connectivity index is 1.59. The summed E-state index contributed by atoms with van der Waals surface area (Å²) in [5.74, 6) is -0.889. The molecule has 0 aliphatic carbocycles. The number of thioether (sulfide) groups is 1. The number of nitrogens with one attached hydrogen (secondary N) is 1. The molecule has 0 spiro atoms. The molecule has 7 nitrogen and oxygen atoms in total. The molecular formula is C19H12N4O3S2. The summed E-state index contributed by atoms with van der Waals surface area (Å²) in [6.07, 6.45) is 4.87. The molecule has 1 aliphatic rings. The van der Waals surface area contributed by atoms with E-state index in [-0.39, 0.29) is 10.1 Å². The average molecular weight is 408 g/mol. The maximum absolute atomic E-state index is 12.7. The standard InChI is InChI=1S/C19H12N4O3S2/c24-13-6-4-11(5-7-13)17(25)22-23-18(26)15(28-19(23)27)10-12-2-1-3-14-16(12)21-9-8-20-14/h1-10,24H,(H,22,25). The van der Waals surface area contributed by atoms with Crippen LogP contribution >= 0.6 is 24.0 Å². The number of fused-ring (bicyclic) bond motifs is 1. The zero-order chi connectivity index (χ0) is 19.7. The largest absolute Gasteiger partial charge is 0.508 e. The molecule has 0 bridgehead atoms. The SMILES string of the molecule is O=C(NN1C(=O)C(=Cc2cccc3nccnc23)SC1=S)c1ccc(O)cc1. The van der Waals surface area contributed by atoms with Crippen LogP contribution < -0.4 is 5.43 Å². The highest BCUT2D eigenvalue weighted by Crippen LogP contribution is 2.32. The molecule has 1 aromatic heterocycles. The molecule has 1 aliphatic heterocycles. The van der Waals surface area contributed by atoms with Crippen LogP contribution in [0.3, 0.4) is 0 Å². The highest BCUT2D eigenvalue weighted by molar-refractivity contribution is 8.26. The Kier molecular flexibility index (Phi) is 4.76. The van der Waals surface area contributed by atoms with E-state index >= 15 is 0 Å². The van der Waals surface area contributed by atoms with Crippen molar-refractivity contribution in [1.82, 2.24) is 20.4 Å². The molecule has 3 aromatic rings. The molecule has 0 unspecified atom stereocenters. The normalized spacial score (nSPS) is 15.4. The predicted octanol–water partition coefficient (Wildman–Crippen LogP) is 2.88. The fourth-order valence-electron chi connectivity index (χ4n) is 2.62. The third-order valence-electron chi connectivity index (χ3n) is 3.95. The predicted molar refractivity (Wildman–Crippen MR) is 110 cm³/mol. The molecule has 2 N–H and O–H groups in total. The average Bonchev–Trinajstić information content (AvgIpc) is 2.96. The number of phenols is 1. The van der Waals surface area contributed by atoms with Gasteiger partial charge in [-0.25, -0.2) is 0 Å². The molecule has 4 rings (SSSR count). The number of thiocarbonyl (C=S) groups is 1. The van der Waals surface area contributed by atoms with Crippen LogP contribution in [0.25, 0.3) is 17.1 Å². The lowest BCUT2D eigenvalue weighted by molar-refractivity contribution is -0.123. The number of carbonyl (C=O) groups excluding carboxylic acids is 2. The zero-order valence-corrected chi connectivity index (χ0v) is 15.8. The first-order valence-electron chi connectivity index (χ1n) is 8.10. The summed E-state index contributed by atoms with van der Waals surface area (Å²) in [5.41, 5.74) is 4.91.